The minimum Gasteiger partial charge on any atom is -0.493 e. The first-order chi connectivity index (χ1) is 12.6. The molecule has 0 aliphatic carbocycles. The van der Waals surface area contributed by atoms with Gasteiger partial charge >= 0.3 is 5.97 Å². The van der Waals surface area contributed by atoms with Crippen LogP contribution in [0.5, 0.6) is 11.5 Å². The van der Waals surface area contributed by atoms with E-state index >= 15 is 0 Å². The predicted molar refractivity (Wildman–Crippen MR) is 98.1 cm³/mol. The molecule has 0 fully saturated rings. The number of ether oxygens (including phenoxy) is 3. The van der Waals surface area contributed by atoms with Gasteiger partial charge in [0.2, 0.25) is 10.0 Å². The second-order valence-electron chi connectivity index (χ2n) is 6.11. The van der Waals surface area contributed by atoms with E-state index in [1.54, 1.807) is 0 Å². The van der Waals surface area contributed by atoms with Gasteiger partial charge in [0.1, 0.15) is 6.54 Å². The van der Waals surface area contributed by atoms with Crippen molar-refractivity contribution < 1.29 is 32.2 Å². The van der Waals surface area contributed by atoms with Crippen LogP contribution in [-0.4, -0.2) is 53.7 Å². The summed E-state index contributed by atoms with van der Waals surface area (Å²) in [5.74, 6) is -0.452. The number of nitrogens with one attached hydrogen (secondary N) is 2. The van der Waals surface area contributed by atoms with Gasteiger partial charge in [-0.05, 0) is 25.0 Å². The molecular weight excluding hydrogens is 376 g/mol. The monoisotopic (exact) mass is 402 g/mol. The quantitative estimate of drug-likeness (QED) is 0.552. The molecule has 0 bridgehead atoms. The van der Waals surface area contributed by atoms with Gasteiger partial charge in [-0.3, -0.25) is 9.59 Å². The first-order valence-corrected chi connectivity index (χ1v) is 9.78. The third-order valence-electron chi connectivity index (χ3n) is 3.43. The first-order valence-electron chi connectivity index (χ1n) is 8.29. The number of esters is 1. The van der Waals surface area contributed by atoms with Gasteiger partial charge in [0.15, 0.2) is 17.6 Å². The lowest BCUT2D eigenvalue weighted by molar-refractivity contribution is -0.153. The number of amides is 1. The van der Waals surface area contributed by atoms with Crippen molar-refractivity contribution >= 4 is 21.9 Å². The molecule has 0 unspecified atom stereocenters. The highest BCUT2D eigenvalue weighted by Crippen LogP contribution is 2.29. The summed E-state index contributed by atoms with van der Waals surface area (Å²) in [5, 5.41) is 2.63. The van der Waals surface area contributed by atoms with Crippen LogP contribution in [0.15, 0.2) is 23.1 Å². The maximum absolute atomic E-state index is 12.3. The molecular formula is C17H26N2O7S. The van der Waals surface area contributed by atoms with E-state index < -0.39 is 34.5 Å². The maximum Gasteiger partial charge on any atom is 0.321 e. The lowest BCUT2D eigenvalue weighted by Crippen LogP contribution is -2.39. The number of hydrogen-bond donors (Lipinski definition) is 2. The van der Waals surface area contributed by atoms with E-state index in [1.165, 1.54) is 39.3 Å². The summed E-state index contributed by atoms with van der Waals surface area (Å²) in [4.78, 5) is 23.5. The van der Waals surface area contributed by atoms with Gasteiger partial charge < -0.3 is 19.5 Å². The van der Waals surface area contributed by atoms with Crippen LogP contribution in [0.25, 0.3) is 0 Å². The Balaban J connectivity index is 2.65. The first kappa shape index (κ1) is 22.7. The number of methoxy groups -OCH3 is 2. The molecule has 0 saturated carbocycles. The summed E-state index contributed by atoms with van der Waals surface area (Å²) < 4.78 is 41.8. The molecule has 1 aromatic rings. The number of rotatable bonds is 10. The van der Waals surface area contributed by atoms with Crippen molar-refractivity contribution in [3.05, 3.63) is 18.2 Å². The number of carbonyl (C=O) groups excluding carboxylic acids is 2. The van der Waals surface area contributed by atoms with Gasteiger partial charge in [0.25, 0.3) is 5.91 Å². The molecule has 0 heterocycles. The SMILES string of the molecule is COc1ccc(S(=O)(=O)NCC(=O)O[C@@H](C)C(=O)NCC(C)C)cc1OC. The zero-order valence-corrected chi connectivity index (χ0v) is 16.9. The van der Waals surface area contributed by atoms with Crippen molar-refractivity contribution in [3.8, 4) is 11.5 Å². The minimum atomic E-state index is -3.98. The van der Waals surface area contributed by atoms with Crippen molar-refractivity contribution in [1.29, 1.82) is 0 Å². The fraction of sp³-hybridized carbons (Fsp3) is 0.529. The number of sulfonamides is 1. The van der Waals surface area contributed by atoms with Crippen molar-refractivity contribution in [3.63, 3.8) is 0 Å². The molecule has 0 aliphatic rings. The summed E-state index contributed by atoms with van der Waals surface area (Å²) in [6.07, 6.45) is -1.03. The van der Waals surface area contributed by atoms with Crippen LogP contribution in [0, 0.1) is 5.92 Å². The molecule has 0 aliphatic heterocycles. The Morgan fingerprint density at radius 1 is 1.07 bits per heavy atom. The van der Waals surface area contributed by atoms with Gasteiger partial charge in [-0.1, -0.05) is 13.8 Å². The van der Waals surface area contributed by atoms with Crippen LogP contribution in [0.2, 0.25) is 0 Å². The van der Waals surface area contributed by atoms with E-state index in [0.717, 1.165) is 0 Å². The summed E-state index contributed by atoms with van der Waals surface area (Å²) in [5.41, 5.74) is 0. The zero-order valence-electron chi connectivity index (χ0n) is 16.1. The molecule has 0 aromatic heterocycles. The highest BCUT2D eigenvalue weighted by Gasteiger charge is 2.21. The van der Waals surface area contributed by atoms with Gasteiger partial charge in [-0.2, -0.15) is 4.72 Å². The average Bonchev–Trinajstić information content (AvgIpc) is 2.63. The fourth-order valence-electron chi connectivity index (χ4n) is 1.96. The summed E-state index contributed by atoms with van der Waals surface area (Å²) in [7, 11) is -1.17. The molecule has 1 aromatic carbocycles. The molecule has 27 heavy (non-hydrogen) atoms. The molecule has 0 radical (unpaired) electrons. The smallest absolute Gasteiger partial charge is 0.321 e. The number of carbonyl (C=O) groups is 2. The molecule has 1 rings (SSSR count). The molecule has 0 saturated heterocycles. The summed E-state index contributed by atoms with van der Waals surface area (Å²) in [6, 6.07) is 4.03. The molecule has 0 spiro atoms. The van der Waals surface area contributed by atoms with Gasteiger partial charge in [-0.25, -0.2) is 8.42 Å². The average molecular weight is 402 g/mol. The fourth-order valence-corrected chi connectivity index (χ4v) is 2.95. The molecule has 10 heteroatoms. The van der Waals surface area contributed by atoms with Crippen LogP contribution in [0.3, 0.4) is 0 Å². The zero-order chi connectivity index (χ0) is 20.6. The lowest BCUT2D eigenvalue weighted by atomic mass is 10.2. The Hall–Kier alpha value is -2.33. The van der Waals surface area contributed by atoms with E-state index in [2.05, 4.69) is 10.0 Å². The van der Waals surface area contributed by atoms with Gasteiger partial charge in [0, 0.05) is 12.6 Å². The maximum atomic E-state index is 12.3. The molecule has 1 amide bonds. The van der Waals surface area contributed by atoms with Crippen LogP contribution in [0.4, 0.5) is 0 Å². The summed E-state index contributed by atoms with van der Waals surface area (Å²) in [6.45, 7) is 5.11. The number of benzene rings is 1. The molecule has 1 atom stereocenters. The van der Waals surface area contributed by atoms with Gasteiger partial charge in [0.05, 0.1) is 19.1 Å². The largest absolute Gasteiger partial charge is 0.493 e. The highest BCUT2D eigenvalue weighted by molar-refractivity contribution is 7.89. The van der Waals surface area contributed by atoms with Crippen LogP contribution in [-0.2, 0) is 24.3 Å². The Kier molecular flexibility index (Phi) is 8.51. The van der Waals surface area contributed by atoms with E-state index in [-0.39, 0.29) is 16.6 Å². The van der Waals surface area contributed by atoms with Crippen molar-refractivity contribution in [2.45, 2.75) is 31.8 Å². The van der Waals surface area contributed by atoms with Crippen LogP contribution >= 0.6 is 0 Å². The van der Waals surface area contributed by atoms with E-state index in [4.69, 9.17) is 14.2 Å². The number of hydrogen-bond acceptors (Lipinski definition) is 7. The van der Waals surface area contributed by atoms with E-state index in [1.807, 2.05) is 13.8 Å². The lowest BCUT2D eigenvalue weighted by Gasteiger charge is -2.15. The summed E-state index contributed by atoms with van der Waals surface area (Å²) >= 11 is 0. The van der Waals surface area contributed by atoms with Crippen molar-refractivity contribution in [2.75, 3.05) is 27.3 Å². The Morgan fingerprint density at radius 3 is 2.26 bits per heavy atom. The van der Waals surface area contributed by atoms with E-state index in [0.29, 0.717) is 12.3 Å². The Labute approximate surface area is 159 Å². The molecule has 2 N–H and O–H groups in total. The minimum absolute atomic E-state index is 0.101. The standard InChI is InChI=1S/C17H26N2O7S/c1-11(2)9-18-17(21)12(3)26-16(20)10-19-27(22,23)13-6-7-14(24-4)15(8-13)25-5/h6-8,11-12,19H,9-10H2,1-5H3,(H,18,21)/t12-/m0/s1. The second-order valence-corrected chi connectivity index (χ2v) is 7.88. The normalized spacial score (nSPS) is 12.4. The van der Waals surface area contributed by atoms with E-state index in [9.17, 15) is 18.0 Å². The Bertz CT molecular complexity index is 763. The third kappa shape index (κ3) is 7.06. The van der Waals surface area contributed by atoms with Crippen molar-refractivity contribution in [1.82, 2.24) is 10.0 Å². The van der Waals surface area contributed by atoms with Gasteiger partial charge in [-0.15, -0.1) is 0 Å². The predicted octanol–water partition coefficient (Wildman–Crippen LogP) is 0.686. The van der Waals surface area contributed by atoms with Crippen LogP contribution < -0.4 is 19.5 Å². The topological polar surface area (TPSA) is 120 Å². The van der Waals surface area contributed by atoms with Crippen molar-refractivity contribution in [2.24, 2.45) is 5.92 Å². The van der Waals surface area contributed by atoms with Crippen LogP contribution in [0.1, 0.15) is 20.8 Å². The Morgan fingerprint density at radius 2 is 1.70 bits per heavy atom. The molecule has 152 valence electrons. The third-order valence-corrected chi connectivity index (χ3v) is 4.83. The molecule has 9 nitrogen and oxygen atoms in total. The second kappa shape index (κ2) is 10.1. The highest BCUT2D eigenvalue weighted by atomic mass is 32.2.